The number of para-hydroxylation sites is 2. The van der Waals surface area contributed by atoms with E-state index in [9.17, 15) is 0 Å². The van der Waals surface area contributed by atoms with Crippen LogP contribution in [-0.2, 0) is 0 Å². The van der Waals surface area contributed by atoms with Crippen molar-refractivity contribution in [3.63, 3.8) is 0 Å². The summed E-state index contributed by atoms with van der Waals surface area (Å²) in [5.41, 5.74) is 11.8. The molecule has 0 saturated heterocycles. The molecule has 5 nitrogen and oxygen atoms in total. The Bertz CT molecular complexity index is 2590. The zero-order valence-corrected chi connectivity index (χ0v) is 26.5. The molecule has 0 N–H and O–H groups in total. The maximum Gasteiger partial charge on any atom is 0.162 e. The molecule has 0 fully saturated rings. The van der Waals surface area contributed by atoms with E-state index in [1.807, 2.05) is 30.3 Å². The lowest BCUT2D eigenvalue weighted by Gasteiger charge is -2.12. The highest BCUT2D eigenvalue weighted by atomic mass is 15.1. The Morgan fingerprint density at radius 3 is 1.59 bits per heavy atom. The van der Waals surface area contributed by atoms with E-state index >= 15 is 0 Å². The Labute approximate surface area is 283 Å². The van der Waals surface area contributed by atoms with E-state index < -0.39 is 0 Å². The lowest BCUT2D eigenvalue weighted by Crippen LogP contribution is -1.99. The highest BCUT2D eigenvalue weighted by Gasteiger charge is 2.21. The van der Waals surface area contributed by atoms with Crippen LogP contribution in [0.4, 0.5) is 0 Å². The predicted molar refractivity (Wildman–Crippen MR) is 199 cm³/mol. The van der Waals surface area contributed by atoms with E-state index in [0.29, 0.717) is 5.82 Å². The van der Waals surface area contributed by atoms with Crippen LogP contribution in [0.3, 0.4) is 0 Å². The largest absolute Gasteiger partial charge is 0.294 e. The van der Waals surface area contributed by atoms with Gasteiger partial charge in [-0.15, -0.1) is 0 Å². The Hall–Kier alpha value is -6.72. The van der Waals surface area contributed by atoms with Crippen molar-refractivity contribution in [2.45, 2.75) is 0 Å². The molecular formula is C44H29N5. The Kier molecular flexibility index (Phi) is 7.06. The van der Waals surface area contributed by atoms with Crippen LogP contribution in [0.5, 0.6) is 0 Å². The summed E-state index contributed by atoms with van der Waals surface area (Å²) in [6.45, 7) is 0. The second kappa shape index (κ2) is 12.1. The van der Waals surface area contributed by atoms with Gasteiger partial charge in [-0.05, 0) is 41.5 Å². The Morgan fingerprint density at radius 1 is 0.388 bits per heavy atom. The van der Waals surface area contributed by atoms with Crippen LogP contribution in [0.1, 0.15) is 0 Å². The number of rotatable bonds is 6. The van der Waals surface area contributed by atoms with Crippen LogP contribution >= 0.6 is 0 Å². The minimum absolute atomic E-state index is 0.671. The van der Waals surface area contributed by atoms with Crippen molar-refractivity contribution >= 4 is 21.9 Å². The van der Waals surface area contributed by atoms with Crippen molar-refractivity contribution in [2.75, 3.05) is 0 Å². The molecule has 6 aromatic carbocycles. The van der Waals surface area contributed by atoms with E-state index in [1.165, 1.54) is 0 Å². The average Bonchev–Trinajstić information content (AvgIpc) is 3.53. The van der Waals surface area contributed by atoms with Gasteiger partial charge >= 0.3 is 0 Å². The molecule has 0 spiro atoms. The first-order valence-electron chi connectivity index (χ1n) is 16.3. The number of hydrogen-bond donors (Lipinski definition) is 0. The van der Waals surface area contributed by atoms with Crippen LogP contribution in [0.25, 0.3) is 83.9 Å². The summed E-state index contributed by atoms with van der Waals surface area (Å²) in [6, 6.07) is 56.5. The zero-order valence-electron chi connectivity index (χ0n) is 26.5. The van der Waals surface area contributed by atoms with E-state index in [0.717, 1.165) is 78.1 Å². The molecule has 0 saturated carbocycles. The summed E-state index contributed by atoms with van der Waals surface area (Å²) >= 11 is 0. The average molecular weight is 628 g/mol. The maximum absolute atomic E-state index is 5.32. The molecule has 0 aliphatic heterocycles. The SMILES string of the molecule is c1ccc(-c2nccnc2-c2cccc(-c3cccc(-c4nc(-c5ccccc5)c5c6ccccc6n(-c6ccccc6)c5n4)c3)c2)cc1. The van der Waals surface area contributed by atoms with E-state index in [2.05, 4.69) is 138 Å². The molecule has 0 atom stereocenters. The second-order valence-corrected chi connectivity index (χ2v) is 11.9. The number of aromatic nitrogens is 5. The third-order valence-corrected chi connectivity index (χ3v) is 8.91. The molecule has 0 aliphatic rings. The minimum atomic E-state index is 0.671. The minimum Gasteiger partial charge on any atom is -0.294 e. The van der Waals surface area contributed by atoms with Crippen LogP contribution < -0.4 is 0 Å². The second-order valence-electron chi connectivity index (χ2n) is 11.9. The summed E-state index contributed by atoms with van der Waals surface area (Å²) < 4.78 is 2.25. The van der Waals surface area contributed by atoms with Crippen LogP contribution in [0.15, 0.2) is 176 Å². The first kappa shape index (κ1) is 28.5. The van der Waals surface area contributed by atoms with Crippen molar-refractivity contribution in [1.29, 1.82) is 0 Å². The fourth-order valence-corrected chi connectivity index (χ4v) is 6.67. The number of hydrogen-bond acceptors (Lipinski definition) is 4. The van der Waals surface area contributed by atoms with E-state index in [4.69, 9.17) is 19.9 Å². The fourth-order valence-electron chi connectivity index (χ4n) is 6.67. The highest BCUT2D eigenvalue weighted by molar-refractivity contribution is 6.14. The van der Waals surface area contributed by atoms with Crippen molar-refractivity contribution in [1.82, 2.24) is 24.5 Å². The van der Waals surface area contributed by atoms with Crippen molar-refractivity contribution < 1.29 is 0 Å². The van der Waals surface area contributed by atoms with Gasteiger partial charge in [-0.2, -0.15) is 0 Å². The molecule has 9 aromatic rings. The van der Waals surface area contributed by atoms with Gasteiger partial charge in [0.1, 0.15) is 5.65 Å². The Morgan fingerprint density at radius 2 is 0.898 bits per heavy atom. The molecule has 5 heteroatoms. The summed E-state index contributed by atoms with van der Waals surface area (Å²) in [4.78, 5) is 20.1. The number of benzene rings is 6. The molecule has 0 radical (unpaired) electrons. The molecule has 0 aliphatic carbocycles. The molecular weight excluding hydrogens is 599 g/mol. The van der Waals surface area contributed by atoms with Crippen LogP contribution in [-0.4, -0.2) is 24.5 Å². The molecule has 9 rings (SSSR count). The van der Waals surface area contributed by atoms with Gasteiger partial charge in [0.15, 0.2) is 5.82 Å². The van der Waals surface area contributed by atoms with Gasteiger partial charge in [-0.25, -0.2) is 9.97 Å². The maximum atomic E-state index is 5.32. The third kappa shape index (κ3) is 5.14. The van der Waals surface area contributed by atoms with Gasteiger partial charge in [0.05, 0.1) is 28.0 Å². The summed E-state index contributed by atoms with van der Waals surface area (Å²) in [7, 11) is 0. The fraction of sp³-hybridized carbons (Fsp3) is 0. The number of nitrogens with zero attached hydrogens (tertiary/aromatic N) is 5. The monoisotopic (exact) mass is 627 g/mol. The summed E-state index contributed by atoms with van der Waals surface area (Å²) in [5.74, 6) is 0.671. The molecule has 3 aromatic heterocycles. The van der Waals surface area contributed by atoms with E-state index in [1.54, 1.807) is 12.4 Å². The molecule has 230 valence electrons. The van der Waals surface area contributed by atoms with Crippen LogP contribution in [0.2, 0.25) is 0 Å². The number of fused-ring (bicyclic) bond motifs is 3. The highest BCUT2D eigenvalue weighted by Crippen LogP contribution is 2.39. The lowest BCUT2D eigenvalue weighted by atomic mass is 9.98. The predicted octanol–water partition coefficient (Wildman–Crippen LogP) is 10.7. The van der Waals surface area contributed by atoms with Gasteiger partial charge in [0, 0.05) is 45.7 Å². The van der Waals surface area contributed by atoms with Crippen LogP contribution in [0, 0.1) is 0 Å². The lowest BCUT2D eigenvalue weighted by molar-refractivity contribution is 1.11. The summed E-state index contributed by atoms with van der Waals surface area (Å²) in [5, 5.41) is 2.16. The van der Waals surface area contributed by atoms with Gasteiger partial charge in [-0.3, -0.25) is 14.5 Å². The molecule has 3 heterocycles. The van der Waals surface area contributed by atoms with Gasteiger partial charge in [-0.1, -0.05) is 133 Å². The quantitative estimate of drug-likeness (QED) is 0.184. The summed E-state index contributed by atoms with van der Waals surface area (Å²) in [6.07, 6.45) is 3.50. The van der Waals surface area contributed by atoms with E-state index in [-0.39, 0.29) is 0 Å². The molecule has 49 heavy (non-hydrogen) atoms. The van der Waals surface area contributed by atoms with Gasteiger partial charge < -0.3 is 0 Å². The molecule has 0 bridgehead atoms. The molecule has 0 amide bonds. The first-order valence-corrected chi connectivity index (χ1v) is 16.3. The van der Waals surface area contributed by atoms with Crippen molar-refractivity contribution in [3.8, 4) is 62.0 Å². The first-order chi connectivity index (χ1) is 24.3. The van der Waals surface area contributed by atoms with Crippen molar-refractivity contribution in [2.24, 2.45) is 0 Å². The van der Waals surface area contributed by atoms with Crippen molar-refractivity contribution in [3.05, 3.63) is 176 Å². The molecule has 0 unspecified atom stereocenters. The third-order valence-electron chi connectivity index (χ3n) is 8.91. The topological polar surface area (TPSA) is 56.5 Å². The zero-order chi connectivity index (χ0) is 32.6. The van der Waals surface area contributed by atoms with Gasteiger partial charge in [0.25, 0.3) is 0 Å². The smallest absolute Gasteiger partial charge is 0.162 e. The van der Waals surface area contributed by atoms with Gasteiger partial charge in [0.2, 0.25) is 0 Å². The normalized spacial score (nSPS) is 11.3. The Balaban J connectivity index is 1.22. The standard InChI is InChI=1S/C44H29N5/c1-4-14-30(15-5-1)40-39-37-24-10-11-25-38(37)49(36-22-8-3-9-23-36)44(39)48-43(47-40)35-21-13-19-33(29-35)32-18-12-20-34(28-32)42-41(45-26-27-46-42)31-16-6-2-7-17-31/h1-29H.